The summed E-state index contributed by atoms with van der Waals surface area (Å²) in [6, 6.07) is 5.10. The summed E-state index contributed by atoms with van der Waals surface area (Å²) < 4.78 is 27.2. The van der Waals surface area contributed by atoms with Gasteiger partial charge in [-0.25, -0.2) is 13.1 Å². The molecule has 0 aliphatic carbocycles. The monoisotopic (exact) mass is 378 g/mol. The van der Waals surface area contributed by atoms with E-state index in [4.69, 9.17) is 23.2 Å². The van der Waals surface area contributed by atoms with Crippen LogP contribution in [0.15, 0.2) is 18.2 Å². The van der Waals surface area contributed by atoms with Crippen LogP contribution in [-0.2, 0) is 15.8 Å². The van der Waals surface area contributed by atoms with Gasteiger partial charge in [0, 0.05) is 12.6 Å². The van der Waals surface area contributed by atoms with Crippen molar-refractivity contribution < 1.29 is 8.42 Å². The minimum Gasteiger partial charge on any atom is -0.299 e. The summed E-state index contributed by atoms with van der Waals surface area (Å²) in [5, 5.41) is 0.795. The second kappa shape index (κ2) is 8.17. The second-order valence-electron chi connectivity index (χ2n) is 6.42. The number of halogens is 2. The maximum Gasteiger partial charge on any atom is 0.215 e. The molecular weight excluding hydrogens is 355 g/mol. The number of nitrogens with one attached hydrogen (secondary N) is 1. The molecule has 1 atom stereocenters. The molecule has 0 bridgehead atoms. The fourth-order valence-corrected chi connectivity index (χ4v) is 4.28. The highest BCUT2D eigenvalue weighted by Gasteiger charge is 2.22. The van der Waals surface area contributed by atoms with Gasteiger partial charge in [0.25, 0.3) is 0 Å². The van der Waals surface area contributed by atoms with Crippen LogP contribution in [0.25, 0.3) is 0 Å². The molecule has 1 aliphatic rings. The third-order valence-electron chi connectivity index (χ3n) is 4.38. The third-order valence-corrected chi connectivity index (χ3v) is 6.44. The number of sulfonamides is 1. The highest BCUT2D eigenvalue weighted by Crippen LogP contribution is 2.23. The smallest absolute Gasteiger partial charge is 0.215 e. The molecule has 1 saturated heterocycles. The summed E-state index contributed by atoms with van der Waals surface area (Å²) in [6.45, 7) is 6.84. The lowest BCUT2D eigenvalue weighted by molar-refractivity contribution is 0.148. The standard InChI is InChI=1S/C16H24Cl2N2O2S/c1-12-5-7-20(8-6-12)13(2)10-19-23(21,22)11-14-3-4-15(17)16(18)9-14/h3-4,9,12-13,19H,5-8,10-11H2,1-2H3. The Morgan fingerprint density at radius 1 is 1.26 bits per heavy atom. The highest BCUT2D eigenvalue weighted by molar-refractivity contribution is 7.88. The maximum atomic E-state index is 12.2. The van der Waals surface area contributed by atoms with Crippen molar-refractivity contribution in [3.05, 3.63) is 33.8 Å². The largest absolute Gasteiger partial charge is 0.299 e. The van der Waals surface area contributed by atoms with Crippen LogP contribution in [-0.4, -0.2) is 39.0 Å². The molecule has 1 aromatic rings. The Morgan fingerprint density at radius 2 is 1.91 bits per heavy atom. The Balaban J connectivity index is 1.87. The van der Waals surface area contributed by atoms with Crippen LogP contribution in [0.3, 0.4) is 0 Å². The van der Waals surface area contributed by atoms with E-state index in [-0.39, 0.29) is 11.8 Å². The van der Waals surface area contributed by atoms with Gasteiger partial charge in [0.2, 0.25) is 10.0 Å². The van der Waals surface area contributed by atoms with E-state index < -0.39 is 10.0 Å². The number of hydrogen-bond acceptors (Lipinski definition) is 3. The summed E-state index contributed by atoms with van der Waals surface area (Å²) in [4.78, 5) is 2.35. The van der Waals surface area contributed by atoms with E-state index in [1.165, 1.54) is 12.8 Å². The number of nitrogens with zero attached hydrogens (tertiary/aromatic N) is 1. The lowest BCUT2D eigenvalue weighted by Gasteiger charge is -2.34. The van der Waals surface area contributed by atoms with Crippen LogP contribution >= 0.6 is 23.2 Å². The molecule has 0 aromatic heterocycles. The van der Waals surface area contributed by atoms with Gasteiger partial charge in [0.1, 0.15) is 0 Å². The molecule has 1 fully saturated rings. The zero-order chi connectivity index (χ0) is 17.0. The van der Waals surface area contributed by atoms with Gasteiger partial charge in [-0.1, -0.05) is 36.2 Å². The Hall–Kier alpha value is -0.330. The fourth-order valence-electron chi connectivity index (χ4n) is 2.75. The van der Waals surface area contributed by atoms with Crippen molar-refractivity contribution in [2.24, 2.45) is 5.92 Å². The summed E-state index contributed by atoms with van der Waals surface area (Å²) >= 11 is 11.8. The molecule has 1 unspecified atom stereocenters. The van der Waals surface area contributed by atoms with Gasteiger partial charge < -0.3 is 0 Å². The van der Waals surface area contributed by atoms with E-state index >= 15 is 0 Å². The lowest BCUT2D eigenvalue weighted by Crippen LogP contribution is -2.45. The van der Waals surface area contributed by atoms with Crippen LogP contribution in [0, 0.1) is 5.92 Å². The van der Waals surface area contributed by atoms with Crippen LogP contribution in [0.4, 0.5) is 0 Å². The molecule has 1 N–H and O–H groups in total. The number of likely N-dealkylation sites (tertiary alicyclic amines) is 1. The first-order chi connectivity index (χ1) is 10.8. The first kappa shape index (κ1) is 19.0. The summed E-state index contributed by atoms with van der Waals surface area (Å²) in [5.41, 5.74) is 0.631. The van der Waals surface area contributed by atoms with Crippen LogP contribution in [0.2, 0.25) is 10.0 Å². The van der Waals surface area contributed by atoms with Crippen molar-refractivity contribution >= 4 is 33.2 Å². The predicted octanol–water partition coefficient (Wildman–Crippen LogP) is 3.53. The Morgan fingerprint density at radius 3 is 2.52 bits per heavy atom. The first-order valence-corrected chi connectivity index (χ1v) is 10.3. The molecule has 7 heteroatoms. The molecule has 0 saturated carbocycles. The van der Waals surface area contributed by atoms with Crippen molar-refractivity contribution in [1.82, 2.24) is 9.62 Å². The molecule has 0 amide bonds. The molecule has 4 nitrogen and oxygen atoms in total. The Kier molecular flexibility index (Phi) is 6.75. The van der Waals surface area contributed by atoms with Crippen LogP contribution < -0.4 is 4.72 Å². The minimum absolute atomic E-state index is 0.0896. The van der Waals surface area contributed by atoms with Crippen molar-refractivity contribution in [2.75, 3.05) is 19.6 Å². The van der Waals surface area contributed by atoms with Crippen molar-refractivity contribution in [3.63, 3.8) is 0 Å². The molecule has 23 heavy (non-hydrogen) atoms. The topological polar surface area (TPSA) is 49.4 Å². The molecule has 0 spiro atoms. The van der Waals surface area contributed by atoms with Gasteiger partial charge in [-0.15, -0.1) is 0 Å². The van der Waals surface area contributed by atoms with E-state index in [2.05, 4.69) is 23.5 Å². The summed E-state index contributed by atoms with van der Waals surface area (Å²) in [6.07, 6.45) is 2.36. The van der Waals surface area contributed by atoms with Gasteiger partial charge in [-0.2, -0.15) is 0 Å². The van der Waals surface area contributed by atoms with Crippen molar-refractivity contribution in [3.8, 4) is 0 Å². The SMILES string of the molecule is CC1CCN(C(C)CNS(=O)(=O)Cc2ccc(Cl)c(Cl)c2)CC1. The molecule has 1 aliphatic heterocycles. The molecule has 1 heterocycles. The van der Waals surface area contributed by atoms with E-state index in [1.807, 2.05) is 0 Å². The second-order valence-corrected chi connectivity index (χ2v) is 9.04. The van der Waals surface area contributed by atoms with Gasteiger partial charge in [-0.3, -0.25) is 4.90 Å². The third kappa shape index (κ3) is 5.91. The zero-order valence-corrected chi connectivity index (χ0v) is 15.9. The molecular formula is C16H24Cl2N2O2S. The van der Waals surface area contributed by atoms with Gasteiger partial charge in [0.05, 0.1) is 15.8 Å². The predicted molar refractivity (Wildman–Crippen MR) is 96.5 cm³/mol. The Labute approximate surface area is 149 Å². The normalized spacial score (nSPS) is 19.0. The van der Waals surface area contributed by atoms with E-state index in [9.17, 15) is 8.42 Å². The summed E-state index contributed by atoms with van der Waals surface area (Å²) in [5.74, 6) is 0.679. The van der Waals surface area contributed by atoms with Gasteiger partial charge >= 0.3 is 0 Å². The molecule has 2 rings (SSSR count). The fraction of sp³-hybridized carbons (Fsp3) is 0.625. The number of benzene rings is 1. The number of piperidine rings is 1. The minimum atomic E-state index is -3.39. The van der Waals surface area contributed by atoms with E-state index in [0.29, 0.717) is 22.2 Å². The zero-order valence-electron chi connectivity index (χ0n) is 13.6. The van der Waals surface area contributed by atoms with Crippen LogP contribution in [0.5, 0.6) is 0 Å². The highest BCUT2D eigenvalue weighted by atomic mass is 35.5. The van der Waals surface area contributed by atoms with E-state index in [1.54, 1.807) is 18.2 Å². The number of hydrogen-bond donors (Lipinski definition) is 1. The van der Waals surface area contributed by atoms with Gasteiger partial charge in [-0.05, 0) is 56.5 Å². The summed E-state index contributed by atoms with van der Waals surface area (Å²) in [7, 11) is -3.39. The Bertz CT molecular complexity index is 629. The average molecular weight is 379 g/mol. The number of rotatable bonds is 6. The molecule has 1 aromatic carbocycles. The van der Waals surface area contributed by atoms with Gasteiger partial charge in [0.15, 0.2) is 0 Å². The molecule has 0 radical (unpaired) electrons. The first-order valence-electron chi connectivity index (χ1n) is 7.92. The van der Waals surface area contributed by atoms with Crippen molar-refractivity contribution in [2.45, 2.75) is 38.5 Å². The average Bonchev–Trinajstić information content (AvgIpc) is 2.49. The van der Waals surface area contributed by atoms with E-state index in [0.717, 1.165) is 19.0 Å². The van der Waals surface area contributed by atoms with Crippen LogP contribution in [0.1, 0.15) is 32.3 Å². The maximum absolute atomic E-state index is 12.2. The quantitative estimate of drug-likeness (QED) is 0.823. The van der Waals surface area contributed by atoms with Crippen molar-refractivity contribution in [1.29, 1.82) is 0 Å². The lowest BCUT2D eigenvalue weighted by atomic mass is 9.98. The molecule has 130 valence electrons.